The lowest BCUT2D eigenvalue weighted by atomic mass is 10.1. The molecular weight excluding hydrogens is 266 g/mol. The molecule has 0 fully saturated rings. The summed E-state index contributed by atoms with van der Waals surface area (Å²) in [7, 11) is 1.34. The van der Waals surface area contributed by atoms with Crippen molar-refractivity contribution in [2.24, 2.45) is 0 Å². The highest BCUT2D eigenvalue weighted by Crippen LogP contribution is 2.27. The summed E-state index contributed by atoms with van der Waals surface area (Å²) in [5.41, 5.74) is 1.11. The van der Waals surface area contributed by atoms with Gasteiger partial charge in [0.05, 0.1) is 35.7 Å². The standard InChI is InChI=1S/C14H14ClNO3/c1-9(13-4-3-7-19-13)16-12-8-10(14(17)18-2)5-6-11(12)15/h3-9,16H,1-2H3. The zero-order valence-electron chi connectivity index (χ0n) is 10.6. The summed E-state index contributed by atoms with van der Waals surface area (Å²) in [5, 5.41) is 3.73. The van der Waals surface area contributed by atoms with Crippen LogP contribution in [0.25, 0.3) is 0 Å². The normalized spacial score (nSPS) is 11.9. The second-order valence-electron chi connectivity index (χ2n) is 4.07. The molecule has 0 radical (unpaired) electrons. The molecule has 0 spiro atoms. The summed E-state index contributed by atoms with van der Waals surface area (Å²) in [5.74, 6) is 0.393. The van der Waals surface area contributed by atoms with E-state index in [9.17, 15) is 4.79 Å². The van der Waals surface area contributed by atoms with Crippen LogP contribution in [0, 0.1) is 0 Å². The van der Waals surface area contributed by atoms with Crippen LogP contribution in [-0.4, -0.2) is 13.1 Å². The number of hydrogen-bond acceptors (Lipinski definition) is 4. The number of hydrogen-bond donors (Lipinski definition) is 1. The number of ether oxygens (including phenoxy) is 1. The van der Waals surface area contributed by atoms with Gasteiger partial charge >= 0.3 is 5.97 Å². The number of carbonyl (C=O) groups is 1. The van der Waals surface area contributed by atoms with E-state index in [1.54, 1.807) is 24.5 Å². The average molecular weight is 280 g/mol. The maximum Gasteiger partial charge on any atom is 0.337 e. The van der Waals surface area contributed by atoms with Crippen LogP contribution in [0.3, 0.4) is 0 Å². The Kier molecular flexibility index (Phi) is 4.12. The molecule has 1 N–H and O–H groups in total. The second-order valence-corrected chi connectivity index (χ2v) is 4.47. The summed E-state index contributed by atoms with van der Waals surface area (Å²) in [6, 6.07) is 8.58. The van der Waals surface area contributed by atoms with E-state index in [1.807, 2.05) is 19.1 Å². The molecule has 0 bridgehead atoms. The van der Waals surface area contributed by atoms with Crippen LogP contribution in [0.15, 0.2) is 41.0 Å². The fourth-order valence-corrected chi connectivity index (χ4v) is 1.89. The Hall–Kier alpha value is -1.94. The lowest BCUT2D eigenvalue weighted by Crippen LogP contribution is -2.08. The van der Waals surface area contributed by atoms with E-state index in [0.717, 1.165) is 5.76 Å². The Morgan fingerprint density at radius 1 is 1.42 bits per heavy atom. The van der Waals surface area contributed by atoms with Gasteiger partial charge in [-0.1, -0.05) is 11.6 Å². The number of esters is 1. The molecule has 1 heterocycles. The van der Waals surface area contributed by atoms with E-state index in [2.05, 4.69) is 10.1 Å². The topological polar surface area (TPSA) is 51.5 Å². The number of halogens is 1. The summed E-state index contributed by atoms with van der Waals surface area (Å²) < 4.78 is 9.99. The lowest BCUT2D eigenvalue weighted by molar-refractivity contribution is 0.0601. The minimum Gasteiger partial charge on any atom is -0.467 e. The Morgan fingerprint density at radius 2 is 2.21 bits per heavy atom. The van der Waals surface area contributed by atoms with Gasteiger partial charge < -0.3 is 14.5 Å². The third-order valence-corrected chi connectivity index (χ3v) is 3.06. The number of anilines is 1. The van der Waals surface area contributed by atoms with E-state index in [0.29, 0.717) is 16.3 Å². The molecule has 19 heavy (non-hydrogen) atoms. The second kappa shape index (κ2) is 5.80. The average Bonchev–Trinajstić information content (AvgIpc) is 2.94. The summed E-state index contributed by atoms with van der Waals surface area (Å²) in [6.45, 7) is 1.94. The van der Waals surface area contributed by atoms with Gasteiger partial charge in [0.15, 0.2) is 0 Å². The van der Waals surface area contributed by atoms with Crippen LogP contribution >= 0.6 is 11.6 Å². The predicted octanol–water partition coefficient (Wildman–Crippen LogP) is 3.89. The van der Waals surface area contributed by atoms with E-state index in [4.69, 9.17) is 16.0 Å². The van der Waals surface area contributed by atoms with Crippen molar-refractivity contribution in [3.05, 3.63) is 52.9 Å². The zero-order chi connectivity index (χ0) is 13.8. The van der Waals surface area contributed by atoms with Crippen molar-refractivity contribution in [2.75, 3.05) is 12.4 Å². The molecule has 5 heteroatoms. The SMILES string of the molecule is COC(=O)c1ccc(Cl)c(NC(C)c2ccco2)c1. The highest BCUT2D eigenvalue weighted by molar-refractivity contribution is 6.33. The largest absolute Gasteiger partial charge is 0.467 e. The number of methoxy groups -OCH3 is 1. The minimum absolute atomic E-state index is 0.0552. The first-order chi connectivity index (χ1) is 9.11. The van der Waals surface area contributed by atoms with Crippen molar-refractivity contribution in [1.29, 1.82) is 0 Å². The van der Waals surface area contributed by atoms with Crippen LogP contribution < -0.4 is 5.32 Å². The number of benzene rings is 1. The fourth-order valence-electron chi connectivity index (χ4n) is 1.72. The Balaban J connectivity index is 2.22. The van der Waals surface area contributed by atoms with Gasteiger partial charge in [-0.15, -0.1) is 0 Å². The Labute approximate surface area is 116 Å². The predicted molar refractivity (Wildman–Crippen MR) is 73.5 cm³/mol. The summed E-state index contributed by atoms with van der Waals surface area (Å²) >= 11 is 6.10. The van der Waals surface area contributed by atoms with E-state index in [-0.39, 0.29) is 6.04 Å². The van der Waals surface area contributed by atoms with Gasteiger partial charge in [-0.2, -0.15) is 0 Å². The van der Waals surface area contributed by atoms with Crippen LogP contribution in [0.1, 0.15) is 29.1 Å². The maximum absolute atomic E-state index is 11.5. The molecule has 0 aliphatic rings. The van der Waals surface area contributed by atoms with Gasteiger partial charge in [-0.3, -0.25) is 0 Å². The van der Waals surface area contributed by atoms with Crippen LogP contribution in [0.4, 0.5) is 5.69 Å². The van der Waals surface area contributed by atoms with Gasteiger partial charge in [0.2, 0.25) is 0 Å². The van der Waals surface area contributed by atoms with Crippen molar-refractivity contribution in [3.8, 4) is 0 Å². The molecule has 0 saturated heterocycles. The van der Waals surface area contributed by atoms with Crippen molar-refractivity contribution in [1.82, 2.24) is 0 Å². The lowest BCUT2D eigenvalue weighted by Gasteiger charge is -2.15. The third kappa shape index (κ3) is 3.09. The molecule has 100 valence electrons. The molecule has 1 aromatic heterocycles. The van der Waals surface area contributed by atoms with Crippen molar-refractivity contribution < 1.29 is 13.9 Å². The number of nitrogens with one attached hydrogen (secondary N) is 1. The zero-order valence-corrected chi connectivity index (χ0v) is 11.4. The molecule has 1 atom stereocenters. The molecule has 0 aliphatic heterocycles. The first-order valence-corrected chi connectivity index (χ1v) is 6.17. The van der Waals surface area contributed by atoms with Gasteiger partial charge in [0.1, 0.15) is 5.76 Å². The molecule has 0 amide bonds. The molecule has 1 aromatic carbocycles. The molecule has 2 rings (SSSR count). The van der Waals surface area contributed by atoms with Gasteiger partial charge in [0, 0.05) is 0 Å². The molecule has 0 saturated carbocycles. The number of carbonyl (C=O) groups excluding carboxylic acids is 1. The molecule has 2 aromatic rings. The third-order valence-electron chi connectivity index (χ3n) is 2.73. The Morgan fingerprint density at radius 3 is 2.84 bits per heavy atom. The van der Waals surface area contributed by atoms with Crippen molar-refractivity contribution in [3.63, 3.8) is 0 Å². The van der Waals surface area contributed by atoms with Crippen LogP contribution in [-0.2, 0) is 4.74 Å². The van der Waals surface area contributed by atoms with E-state index < -0.39 is 5.97 Å². The fraction of sp³-hybridized carbons (Fsp3) is 0.214. The quantitative estimate of drug-likeness (QED) is 0.863. The van der Waals surface area contributed by atoms with Gasteiger partial charge in [-0.05, 0) is 37.3 Å². The highest BCUT2D eigenvalue weighted by Gasteiger charge is 2.13. The monoisotopic (exact) mass is 279 g/mol. The maximum atomic E-state index is 11.5. The molecule has 0 aliphatic carbocycles. The highest BCUT2D eigenvalue weighted by atomic mass is 35.5. The van der Waals surface area contributed by atoms with Gasteiger partial charge in [-0.25, -0.2) is 4.79 Å². The van der Waals surface area contributed by atoms with Crippen LogP contribution in [0.5, 0.6) is 0 Å². The number of rotatable bonds is 4. The summed E-state index contributed by atoms with van der Waals surface area (Å²) in [6.07, 6.45) is 1.61. The van der Waals surface area contributed by atoms with Gasteiger partial charge in [0.25, 0.3) is 0 Å². The Bertz CT molecular complexity index is 566. The van der Waals surface area contributed by atoms with Crippen LogP contribution in [0.2, 0.25) is 5.02 Å². The first-order valence-electron chi connectivity index (χ1n) is 5.79. The molecule has 4 nitrogen and oxygen atoms in total. The first kappa shape index (κ1) is 13.5. The van der Waals surface area contributed by atoms with Crippen molar-refractivity contribution in [2.45, 2.75) is 13.0 Å². The van der Waals surface area contributed by atoms with E-state index in [1.165, 1.54) is 7.11 Å². The summed E-state index contributed by atoms with van der Waals surface area (Å²) in [4.78, 5) is 11.5. The smallest absolute Gasteiger partial charge is 0.337 e. The van der Waals surface area contributed by atoms with Crippen molar-refractivity contribution >= 4 is 23.3 Å². The number of furan rings is 1. The minimum atomic E-state index is -0.398. The molecular formula is C14H14ClNO3. The van der Waals surface area contributed by atoms with E-state index >= 15 is 0 Å². The molecule has 1 unspecified atom stereocenters.